The largest absolute Gasteiger partial charge is 0.493 e. The molecule has 0 atom stereocenters. The smallest absolute Gasteiger partial charge is 0.238 e. The van der Waals surface area contributed by atoms with Gasteiger partial charge in [0.05, 0.1) is 38.8 Å². The minimum Gasteiger partial charge on any atom is -0.493 e. The fraction of sp³-hybridized carbons (Fsp3) is 0.476. The van der Waals surface area contributed by atoms with E-state index in [0.717, 1.165) is 36.5 Å². The second-order valence-electron chi connectivity index (χ2n) is 7.47. The van der Waals surface area contributed by atoms with Crippen molar-refractivity contribution in [3.63, 3.8) is 0 Å². The van der Waals surface area contributed by atoms with Crippen LogP contribution in [0.15, 0.2) is 24.5 Å². The zero-order valence-corrected chi connectivity index (χ0v) is 17.0. The fourth-order valence-corrected chi connectivity index (χ4v) is 3.37. The summed E-state index contributed by atoms with van der Waals surface area (Å²) in [7, 11) is 3.27. The van der Waals surface area contributed by atoms with Gasteiger partial charge in [-0.25, -0.2) is 9.97 Å². The van der Waals surface area contributed by atoms with Gasteiger partial charge in [0.15, 0.2) is 11.5 Å². The highest BCUT2D eigenvalue weighted by Gasteiger charge is 2.21. The van der Waals surface area contributed by atoms with Gasteiger partial charge in [0, 0.05) is 19.5 Å². The zero-order chi connectivity index (χ0) is 20.1. The third-order valence-corrected chi connectivity index (χ3v) is 4.74. The average molecular weight is 384 g/mol. The molecule has 7 nitrogen and oxygen atoms in total. The number of amides is 1. The van der Waals surface area contributed by atoms with Crippen molar-refractivity contribution in [3.8, 4) is 11.5 Å². The van der Waals surface area contributed by atoms with Crippen LogP contribution < -0.4 is 14.8 Å². The van der Waals surface area contributed by atoms with Crippen molar-refractivity contribution in [1.29, 1.82) is 0 Å². The summed E-state index contributed by atoms with van der Waals surface area (Å²) < 4.78 is 10.8. The molecule has 1 amide bonds. The standard InChI is InChI=1S/C21H28N4O3/c1-14(2)7-20-22-10-17(11-23-20)24-21(26)13-25-6-5-15-8-18(27-3)19(28-4)9-16(15)12-25/h8-11,14H,5-7,12-13H2,1-4H3,(H,24,26). The average Bonchev–Trinajstić information content (AvgIpc) is 2.67. The molecule has 0 saturated carbocycles. The van der Waals surface area contributed by atoms with Gasteiger partial charge in [-0.1, -0.05) is 13.8 Å². The first-order chi connectivity index (χ1) is 13.5. The zero-order valence-electron chi connectivity index (χ0n) is 17.0. The van der Waals surface area contributed by atoms with Gasteiger partial charge >= 0.3 is 0 Å². The molecule has 0 radical (unpaired) electrons. The highest BCUT2D eigenvalue weighted by atomic mass is 16.5. The van der Waals surface area contributed by atoms with Gasteiger partial charge in [-0.3, -0.25) is 9.69 Å². The maximum Gasteiger partial charge on any atom is 0.238 e. The van der Waals surface area contributed by atoms with Crippen LogP contribution >= 0.6 is 0 Å². The molecule has 1 aromatic carbocycles. The van der Waals surface area contributed by atoms with E-state index in [9.17, 15) is 4.79 Å². The molecule has 2 heterocycles. The van der Waals surface area contributed by atoms with Gasteiger partial charge in [0.2, 0.25) is 5.91 Å². The van der Waals surface area contributed by atoms with Crippen molar-refractivity contribution in [2.24, 2.45) is 5.92 Å². The molecule has 0 unspecified atom stereocenters. The van der Waals surface area contributed by atoms with E-state index in [0.29, 0.717) is 30.4 Å². The Balaban J connectivity index is 1.58. The Morgan fingerprint density at radius 3 is 2.39 bits per heavy atom. The highest BCUT2D eigenvalue weighted by molar-refractivity contribution is 5.91. The Morgan fingerprint density at radius 1 is 1.14 bits per heavy atom. The van der Waals surface area contributed by atoms with Crippen molar-refractivity contribution in [2.75, 3.05) is 32.6 Å². The Hall–Kier alpha value is -2.67. The molecule has 0 aliphatic carbocycles. The van der Waals surface area contributed by atoms with Crippen LogP contribution in [0.1, 0.15) is 30.8 Å². The van der Waals surface area contributed by atoms with E-state index < -0.39 is 0 Å². The lowest BCUT2D eigenvalue weighted by atomic mass is 9.99. The first kappa shape index (κ1) is 20.1. The molecule has 150 valence electrons. The van der Waals surface area contributed by atoms with Crippen LogP contribution in [-0.2, 0) is 24.2 Å². The van der Waals surface area contributed by atoms with E-state index >= 15 is 0 Å². The predicted octanol–water partition coefficient (Wildman–Crippen LogP) is 2.69. The van der Waals surface area contributed by atoms with Crippen molar-refractivity contribution in [3.05, 3.63) is 41.5 Å². The molecular weight excluding hydrogens is 356 g/mol. The van der Waals surface area contributed by atoms with Crippen LogP contribution in [0.25, 0.3) is 0 Å². The lowest BCUT2D eigenvalue weighted by molar-refractivity contribution is -0.117. The van der Waals surface area contributed by atoms with E-state index in [-0.39, 0.29) is 5.91 Å². The molecule has 0 saturated heterocycles. The molecule has 1 aliphatic rings. The first-order valence-electron chi connectivity index (χ1n) is 9.55. The maximum absolute atomic E-state index is 12.4. The van der Waals surface area contributed by atoms with Crippen LogP contribution in [0.4, 0.5) is 5.69 Å². The molecular formula is C21H28N4O3. The third-order valence-electron chi connectivity index (χ3n) is 4.74. The predicted molar refractivity (Wildman–Crippen MR) is 108 cm³/mol. The fourth-order valence-electron chi connectivity index (χ4n) is 3.37. The molecule has 0 spiro atoms. The number of methoxy groups -OCH3 is 2. The summed E-state index contributed by atoms with van der Waals surface area (Å²) in [6.07, 6.45) is 5.04. The molecule has 1 N–H and O–H groups in total. The minimum atomic E-state index is -0.0656. The summed E-state index contributed by atoms with van der Waals surface area (Å²) in [5.74, 6) is 2.69. The van der Waals surface area contributed by atoms with Gasteiger partial charge in [0.1, 0.15) is 5.82 Å². The maximum atomic E-state index is 12.4. The van der Waals surface area contributed by atoms with E-state index in [2.05, 4.69) is 34.0 Å². The number of nitrogens with zero attached hydrogens (tertiary/aromatic N) is 3. The van der Waals surface area contributed by atoms with E-state index in [1.54, 1.807) is 26.6 Å². The molecule has 28 heavy (non-hydrogen) atoms. The number of fused-ring (bicyclic) bond motifs is 1. The molecule has 3 rings (SSSR count). The summed E-state index contributed by atoms with van der Waals surface area (Å²) in [5.41, 5.74) is 3.03. The number of anilines is 1. The summed E-state index contributed by atoms with van der Waals surface area (Å²) in [5, 5.41) is 2.88. The summed E-state index contributed by atoms with van der Waals surface area (Å²) in [4.78, 5) is 23.2. The lowest BCUT2D eigenvalue weighted by Gasteiger charge is -2.29. The number of benzene rings is 1. The molecule has 2 aromatic rings. The Morgan fingerprint density at radius 2 is 1.79 bits per heavy atom. The van der Waals surface area contributed by atoms with Crippen molar-refractivity contribution in [2.45, 2.75) is 33.2 Å². The number of nitrogens with one attached hydrogen (secondary N) is 1. The van der Waals surface area contributed by atoms with Gasteiger partial charge in [0.25, 0.3) is 0 Å². The monoisotopic (exact) mass is 384 g/mol. The van der Waals surface area contributed by atoms with Gasteiger partial charge < -0.3 is 14.8 Å². The normalized spacial score (nSPS) is 13.9. The third kappa shape index (κ3) is 4.98. The highest BCUT2D eigenvalue weighted by Crippen LogP contribution is 2.33. The summed E-state index contributed by atoms with van der Waals surface area (Å²) in [6, 6.07) is 4.03. The molecule has 1 aliphatic heterocycles. The minimum absolute atomic E-state index is 0.0656. The second-order valence-corrected chi connectivity index (χ2v) is 7.47. The number of aromatic nitrogens is 2. The Labute approximate surface area is 166 Å². The summed E-state index contributed by atoms with van der Waals surface area (Å²) >= 11 is 0. The lowest BCUT2D eigenvalue weighted by Crippen LogP contribution is -2.37. The van der Waals surface area contributed by atoms with E-state index in [1.807, 2.05) is 12.1 Å². The first-order valence-corrected chi connectivity index (χ1v) is 9.55. The van der Waals surface area contributed by atoms with E-state index in [1.165, 1.54) is 5.56 Å². The van der Waals surface area contributed by atoms with Crippen LogP contribution in [0.2, 0.25) is 0 Å². The van der Waals surface area contributed by atoms with Crippen LogP contribution in [0, 0.1) is 5.92 Å². The van der Waals surface area contributed by atoms with Crippen LogP contribution in [-0.4, -0.2) is 48.1 Å². The van der Waals surface area contributed by atoms with Crippen molar-refractivity contribution < 1.29 is 14.3 Å². The number of rotatable bonds is 7. The van der Waals surface area contributed by atoms with Crippen LogP contribution in [0.3, 0.4) is 0 Å². The van der Waals surface area contributed by atoms with E-state index in [4.69, 9.17) is 9.47 Å². The Kier molecular flexibility index (Phi) is 6.46. The van der Waals surface area contributed by atoms with Gasteiger partial charge in [-0.15, -0.1) is 0 Å². The SMILES string of the molecule is COc1cc2c(cc1OC)CN(CC(=O)Nc1cnc(CC(C)C)nc1)CC2. The summed E-state index contributed by atoms with van der Waals surface area (Å²) in [6.45, 7) is 6.09. The second kappa shape index (κ2) is 9.01. The molecule has 7 heteroatoms. The molecule has 1 aromatic heterocycles. The number of carbonyl (C=O) groups is 1. The number of hydrogen-bond acceptors (Lipinski definition) is 6. The topological polar surface area (TPSA) is 76.6 Å². The quantitative estimate of drug-likeness (QED) is 0.791. The number of ether oxygens (including phenoxy) is 2. The van der Waals surface area contributed by atoms with Gasteiger partial charge in [-0.05, 0) is 35.6 Å². The van der Waals surface area contributed by atoms with Crippen molar-refractivity contribution >= 4 is 11.6 Å². The van der Waals surface area contributed by atoms with Crippen molar-refractivity contribution in [1.82, 2.24) is 14.9 Å². The Bertz CT molecular complexity index is 821. The molecule has 0 fully saturated rings. The van der Waals surface area contributed by atoms with Gasteiger partial charge in [-0.2, -0.15) is 0 Å². The number of hydrogen-bond donors (Lipinski definition) is 1. The van der Waals surface area contributed by atoms with Crippen LogP contribution in [0.5, 0.6) is 11.5 Å². The number of carbonyl (C=O) groups excluding carboxylic acids is 1. The molecule has 0 bridgehead atoms.